The first-order valence-corrected chi connectivity index (χ1v) is 5.75. The Kier molecular flexibility index (Phi) is 4.72. The van der Waals surface area contributed by atoms with E-state index in [9.17, 15) is 0 Å². The number of hydrogen-bond donors (Lipinski definition) is 0. The van der Waals surface area contributed by atoms with Crippen LogP contribution < -0.4 is 0 Å². The summed E-state index contributed by atoms with van der Waals surface area (Å²) in [6.45, 7) is 6.49. The molecule has 1 saturated carbocycles. The number of benzene rings is 1. The predicted octanol–water partition coefficient (Wildman–Crippen LogP) is 4.50. The van der Waals surface area contributed by atoms with Gasteiger partial charge in [0, 0.05) is 0 Å². The van der Waals surface area contributed by atoms with Crippen LogP contribution in [0.25, 0.3) is 0 Å². The zero-order valence-corrected chi connectivity index (χ0v) is 9.72. The molecular formula is C14H22. The highest BCUT2D eigenvalue weighted by Gasteiger charge is 2.13. The van der Waals surface area contributed by atoms with Crippen LogP contribution in [0.4, 0.5) is 0 Å². The molecule has 1 aliphatic rings. The topological polar surface area (TPSA) is 0 Å². The lowest BCUT2D eigenvalue weighted by Gasteiger charge is -2.22. The highest BCUT2D eigenvalue weighted by Crippen LogP contribution is 2.28. The summed E-state index contributed by atoms with van der Waals surface area (Å²) in [4.78, 5) is 0. The lowest BCUT2D eigenvalue weighted by molar-refractivity contribution is 0.307. The molecule has 0 unspecified atom stereocenters. The van der Waals surface area contributed by atoms with E-state index < -0.39 is 0 Å². The van der Waals surface area contributed by atoms with E-state index in [0.717, 1.165) is 5.92 Å². The van der Waals surface area contributed by atoms with Crippen molar-refractivity contribution in [1.29, 1.82) is 0 Å². The molecule has 0 heteroatoms. The number of hydrogen-bond acceptors (Lipinski definition) is 0. The van der Waals surface area contributed by atoms with E-state index in [1.165, 1.54) is 36.8 Å². The SMILES string of the molecule is CCC1CCC1.Cc1cccc(C)c1. The maximum atomic E-state index is 2.28. The molecule has 0 aliphatic heterocycles. The van der Waals surface area contributed by atoms with Gasteiger partial charge in [-0.3, -0.25) is 0 Å². The minimum absolute atomic E-state index is 1.12. The quantitative estimate of drug-likeness (QED) is 0.611. The molecule has 0 saturated heterocycles. The van der Waals surface area contributed by atoms with Gasteiger partial charge in [-0.15, -0.1) is 0 Å². The van der Waals surface area contributed by atoms with Gasteiger partial charge in [-0.25, -0.2) is 0 Å². The van der Waals surface area contributed by atoms with E-state index in [1.807, 2.05) is 0 Å². The van der Waals surface area contributed by atoms with Gasteiger partial charge in [0.25, 0.3) is 0 Å². The molecule has 1 aromatic rings. The first-order chi connectivity index (χ1) is 6.72. The summed E-state index contributed by atoms with van der Waals surface area (Å²) >= 11 is 0. The Balaban J connectivity index is 0.000000146. The van der Waals surface area contributed by atoms with Crippen LogP contribution in [0.3, 0.4) is 0 Å². The molecule has 0 heterocycles. The van der Waals surface area contributed by atoms with Crippen molar-refractivity contribution in [2.45, 2.75) is 46.5 Å². The van der Waals surface area contributed by atoms with Crippen molar-refractivity contribution in [3.8, 4) is 0 Å². The Bertz CT molecular complexity index is 238. The van der Waals surface area contributed by atoms with Gasteiger partial charge in [0.2, 0.25) is 0 Å². The molecule has 0 atom stereocenters. The van der Waals surface area contributed by atoms with E-state index in [4.69, 9.17) is 0 Å². The van der Waals surface area contributed by atoms with Crippen LogP contribution in [0, 0.1) is 19.8 Å². The molecule has 0 amide bonds. The standard InChI is InChI=1S/C8H10.C6H12/c1-7-4-3-5-8(2)6-7;1-2-6-4-3-5-6/h3-6H,1-2H3;6H,2-5H2,1H3. The summed E-state index contributed by atoms with van der Waals surface area (Å²) in [6.07, 6.45) is 5.94. The summed E-state index contributed by atoms with van der Waals surface area (Å²) in [6, 6.07) is 8.45. The van der Waals surface area contributed by atoms with Gasteiger partial charge in [0.15, 0.2) is 0 Å². The molecule has 1 aromatic carbocycles. The van der Waals surface area contributed by atoms with Crippen molar-refractivity contribution in [2.24, 2.45) is 5.92 Å². The Morgan fingerprint density at radius 1 is 1.14 bits per heavy atom. The van der Waals surface area contributed by atoms with Crippen LogP contribution in [-0.2, 0) is 0 Å². The van der Waals surface area contributed by atoms with Crippen LogP contribution in [0.1, 0.15) is 43.7 Å². The smallest absolute Gasteiger partial charge is 0.0398 e. The summed E-state index contributed by atoms with van der Waals surface area (Å²) in [5.41, 5.74) is 2.68. The van der Waals surface area contributed by atoms with Gasteiger partial charge in [-0.2, -0.15) is 0 Å². The van der Waals surface area contributed by atoms with E-state index in [-0.39, 0.29) is 0 Å². The summed E-state index contributed by atoms with van der Waals surface area (Å²) in [5, 5.41) is 0. The molecular weight excluding hydrogens is 168 g/mol. The van der Waals surface area contributed by atoms with Gasteiger partial charge in [-0.1, -0.05) is 68.0 Å². The second kappa shape index (κ2) is 5.85. The van der Waals surface area contributed by atoms with Gasteiger partial charge >= 0.3 is 0 Å². The molecule has 78 valence electrons. The molecule has 0 nitrogen and oxygen atoms in total. The van der Waals surface area contributed by atoms with Crippen molar-refractivity contribution in [1.82, 2.24) is 0 Å². The average molecular weight is 190 g/mol. The van der Waals surface area contributed by atoms with Crippen LogP contribution in [0.5, 0.6) is 0 Å². The van der Waals surface area contributed by atoms with Crippen molar-refractivity contribution < 1.29 is 0 Å². The van der Waals surface area contributed by atoms with Crippen LogP contribution >= 0.6 is 0 Å². The van der Waals surface area contributed by atoms with Gasteiger partial charge in [-0.05, 0) is 19.8 Å². The van der Waals surface area contributed by atoms with Crippen molar-refractivity contribution in [2.75, 3.05) is 0 Å². The minimum Gasteiger partial charge on any atom is -0.0651 e. The van der Waals surface area contributed by atoms with E-state index >= 15 is 0 Å². The van der Waals surface area contributed by atoms with Crippen LogP contribution in [0.15, 0.2) is 24.3 Å². The van der Waals surface area contributed by atoms with Crippen molar-refractivity contribution >= 4 is 0 Å². The van der Waals surface area contributed by atoms with Crippen molar-refractivity contribution in [3.05, 3.63) is 35.4 Å². The van der Waals surface area contributed by atoms with E-state index in [2.05, 4.69) is 45.0 Å². The average Bonchev–Trinajstić information content (AvgIpc) is 2.02. The third kappa shape index (κ3) is 3.95. The van der Waals surface area contributed by atoms with Crippen molar-refractivity contribution in [3.63, 3.8) is 0 Å². The molecule has 14 heavy (non-hydrogen) atoms. The molecule has 0 radical (unpaired) electrons. The van der Waals surface area contributed by atoms with E-state index in [1.54, 1.807) is 0 Å². The molecule has 0 spiro atoms. The lowest BCUT2D eigenvalue weighted by atomic mass is 9.84. The van der Waals surface area contributed by atoms with Crippen LogP contribution in [0.2, 0.25) is 0 Å². The minimum atomic E-state index is 1.12. The lowest BCUT2D eigenvalue weighted by Crippen LogP contribution is -2.08. The summed E-state index contributed by atoms with van der Waals surface area (Å²) < 4.78 is 0. The van der Waals surface area contributed by atoms with Crippen LogP contribution in [-0.4, -0.2) is 0 Å². The molecule has 2 rings (SSSR count). The maximum Gasteiger partial charge on any atom is -0.0398 e. The molecule has 1 fully saturated rings. The highest BCUT2D eigenvalue weighted by atomic mass is 14.2. The van der Waals surface area contributed by atoms with Gasteiger partial charge < -0.3 is 0 Å². The second-order valence-corrected chi connectivity index (χ2v) is 4.36. The van der Waals surface area contributed by atoms with E-state index in [0.29, 0.717) is 0 Å². The largest absolute Gasteiger partial charge is 0.0651 e. The fourth-order valence-electron chi connectivity index (χ4n) is 1.71. The van der Waals surface area contributed by atoms with Gasteiger partial charge in [0.1, 0.15) is 0 Å². The number of rotatable bonds is 1. The Labute approximate surface area is 88.4 Å². The Morgan fingerprint density at radius 2 is 1.71 bits per heavy atom. The predicted molar refractivity (Wildman–Crippen MR) is 63.5 cm³/mol. The zero-order chi connectivity index (χ0) is 10.4. The molecule has 0 aromatic heterocycles. The first kappa shape index (κ1) is 11.3. The molecule has 0 N–H and O–H groups in total. The fraction of sp³-hybridized carbons (Fsp3) is 0.571. The summed E-state index contributed by atoms with van der Waals surface area (Å²) in [7, 11) is 0. The normalized spacial score (nSPS) is 15.4. The Hall–Kier alpha value is -0.780. The first-order valence-electron chi connectivity index (χ1n) is 5.75. The monoisotopic (exact) mass is 190 g/mol. The third-order valence-electron chi connectivity index (χ3n) is 2.98. The Morgan fingerprint density at radius 3 is 1.86 bits per heavy atom. The zero-order valence-electron chi connectivity index (χ0n) is 9.72. The fourth-order valence-corrected chi connectivity index (χ4v) is 1.71. The highest BCUT2D eigenvalue weighted by molar-refractivity contribution is 5.20. The second-order valence-electron chi connectivity index (χ2n) is 4.36. The number of aryl methyl sites for hydroxylation is 2. The molecule has 1 aliphatic carbocycles. The molecule has 0 bridgehead atoms. The summed E-state index contributed by atoms with van der Waals surface area (Å²) in [5.74, 6) is 1.12. The maximum absolute atomic E-state index is 2.28. The van der Waals surface area contributed by atoms with Gasteiger partial charge in [0.05, 0.1) is 0 Å². The third-order valence-corrected chi connectivity index (χ3v) is 2.98.